The maximum Gasteiger partial charge on any atom is 0.248 e. The molecule has 2 heterocycles. The third-order valence-electron chi connectivity index (χ3n) is 5.83. The molecule has 4 aromatic rings. The zero-order valence-corrected chi connectivity index (χ0v) is 18.1. The minimum atomic E-state index is -3.63. The second-order valence-corrected chi connectivity index (χ2v) is 10.5. The van der Waals surface area contributed by atoms with Crippen LogP contribution >= 0.6 is 11.6 Å². The van der Waals surface area contributed by atoms with E-state index in [1.807, 2.05) is 0 Å². The lowest BCUT2D eigenvalue weighted by Crippen LogP contribution is -2.23. The Hall–Kier alpha value is -2.52. The van der Waals surface area contributed by atoms with Crippen molar-refractivity contribution in [2.24, 2.45) is 5.92 Å². The van der Waals surface area contributed by atoms with Gasteiger partial charge in [0.2, 0.25) is 5.92 Å². The summed E-state index contributed by atoms with van der Waals surface area (Å²) in [6.07, 6.45) is 0.822. The van der Waals surface area contributed by atoms with Gasteiger partial charge in [0.05, 0.1) is 16.6 Å². The molecular formula is C21H19ClF2N4O2S. The van der Waals surface area contributed by atoms with Crippen molar-refractivity contribution in [3.8, 4) is 0 Å². The molecule has 1 N–H and O–H groups in total. The number of benzene rings is 2. The maximum atomic E-state index is 14.2. The number of nitrogens with one attached hydrogen (secondary N) is 1. The molecule has 0 spiro atoms. The first-order chi connectivity index (χ1) is 14.6. The molecule has 0 aliphatic heterocycles. The van der Waals surface area contributed by atoms with Gasteiger partial charge in [0.15, 0.2) is 14.9 Å². The average Bonchev–Trinajstić information content (AvgIpc) is 3.37. The van der Waals surface area contributed by atoms with Crippen molar-refractivity contribution >= 4 is 43.4 Å². The first-order valence-corrected chi connectivity index (χ1v) is 12.1. The lowest BCUT2D eigenvalue weighted by atomic mass is 9.97. The monoisotopic (exact) mass is 464 g/mol. The van der Waals surface area contributed by atoms with Gasteiger partial charge in [0, 0.05) is 29.5 Å². The summed E-state index contributed by atoms with van der Waals surface area (Å²) in [7, 11) is -3.63. The normalized spacial score (nSPS) is 19.9. The standard InChI is InChI=1S/C21H19ClF2N4O2S/c1-31(29,30)20-14-4-2-3-5-17(14)28(27-20)18(12-8-9-21(23,24)11-12)19-25-15-7-6-13(22)10-16(15)26-19/h2-7,10,12,18H,8-9,11H2,1H3,(H,25,26). The molecule has 31 heavy (non-hydrogen) atoms. The van der Waals surface area contributed by atoms with E-state index >= 15 is 0 Å². The predicted octanol–water partition coefficient (Wildman–Crippen LogP) is 4.99. The third-order valence-corrected chi connectivity index (χ3v) is 7.07. The Bertz CT molecular complexity index is 1410. The van der Waals surface area contributed by atoms with Gasteiger partial charge < -0.3 is 4.98 Å². The molecule has 1 aliphatic carbocycles. The number of para-hydroxylation sites is 1. The van der Waals surface area contributed by atoms with E-state index in [1.54, 1.807) is 42.5 Å². The Kier molecular flexibility index (Phi) is 4.60. The number of nitrogens with zero attached hydrogens (tertiary/aromatic N) is 3. The molecule has 6 nitrogen and oxygen atoms in total. The number of imidazole rings is 1. The van der Waals surface area contributed by atoms with Gasteiger partial charge in [-0.2, -0.15) is 5.10 Å². The molecule has 0 amide bonds. The third kappa shape index (κ3) is 3.59. The number of sulfone groups is 1. The van der Waals surface area contributed by atoms with Gasteiger partial charge >= 0.3 is 0 Å². The second kappa shape index (κ2) is 7.00. The molecule has 2 aromatic heterocycles. The van der Waals surface area contributed by atoms with E-state index in [1.165, 1.54) is 4.68 Å². The highest BCUT2D eigenvalue weighted by Crippen LogP contribution is 2.46. The molecule has 10 heteroatoms. The van der Waals surface area contributed by atoms with Gasteiger partial charge in [0.25, 0.3) is 0 Å². The molecule has 1 saturated carbocycles. The van der Waals surface area contributed by atoms with Crippen LogP contribution in [0.25, 0.3) is 21.9 Å². The summed E-state index contributed by atoms with van der Waals surface area (Å²) in [6.45, 7) is 0. The summed E-state index contributed by atoms with van der Waals surface area (Å²) in [4.78, 5) is 7.84. The van der Waals surface area contributed by atoms with E-state index in [0.717, 1.165) is 6.26 Å². The summed E-state index contributed by atoms with van der Waals surface area (Å²) in [5.41, 5.74) is 1.88. The summed E-state index contributed by atoms with van der Waals surface area (Å²) >= 11 is 6.08. The van der Waals surface area contributed by atoms with Crippen LogP contribution < -0.4 is 0 Å². The molecular weight excluding hydrogens is 446 g/mol. The number of hydrogen-bond acceptors (Lipinski definition) is 4. The number of fused-ring (bicyclic) bond motifs is 2. The fourth-order valence-corrected chi connectivity index (χ4v) is 5.45. The van der Waals surface area contributed by atoms with Crippen LogP contribution in [0, 0.1) is 5.92 Å². The lowest BCUT2D eigenvalue weighted by Gasteiger charge is -2.23. The van der Waals surface area contributed by atoms with E-state index in [9.17, 15) is 17.2 Å². The van der Waals surface area contributed by atoms with Crippen molar-refractivity contribution in [3.63, 3.8) is 0 Å². The zero-order valence-electron chi connectivity index (χ0n) is 16.5. The highest BCUT2D eigenvalue weighted by atomic mass is 35.5. The minimum Gasteiger partial charge on any atom is -0.340 e. The van der Waals surface area contributed by atoms with Crippen LogP contribution in [0.3, 0.4) is 0 Å². The molecule has 0 bridgehead atoms. The number of H-pyrrole nitrogens is 1. The number of rotatable bonds is 4. The average molecular weight is 465 g/mol. The second-order valence-electron chi connectivity index (χ2n) is 8.13. The summed E-state index contributed by atoms with van der Waals surface area (Å²) in [6, 6.07) is 11.4. The van der Waals surface area contributed by atoms with Crippen molar-refractivity contribution in [1.82, 2.24) is 19.7 Å². The largest absolute Gasteiger partial charge is 0.340 e. The Balaban J connectivity index is 1.75. The molecule has 2 unspecified atom stereocenters. The van der Waals surface area contributed by atoms with Gasteiger partial charge in [-0.05, 0) is 42.7 Å². The zero-order chi connectivity index (χ0) is 22.0. The Labute approximate surface area is 182 Å². The molecule has 2 atom stereocenters. The number of halogens is 3. The van der Waals surface area contributed by atoms with Gasteiger partial charge in [-0.1, -0.05) is 23.7 Å². The predicted molar refractivity (Wildman–Crippen MR) is 114 cm³/mol. The minimum absolute atomic E-state index is 0.0722. The summed E-state index contributed by atoms with van der Waals surface area (Å²) < 4.78 is 54.7. The smallest absolute Gasteiger partial charge is 0.248 e. The number of aromatic amines is 1. The van der Waals surface area contributed by atoms with E-state index in [2.05, 4.69) is 15.1 Å². The van der Waals surface area contributed by atoms with Gasteiger partial charge in [-0.25, -0.2) is 22.2 Å². The fourth-order valence-electron chi connectivity index (χ4n) is 4.48. The van der Waals surface area contributed by atoms with Crippen molar-refractivity contribution in [3.05, 3.63) is 53.3 Å². The summed E-state index contributed by atoms with van der Waals surface area (Å²) in [5, 5.41) is 5.31. The Morgan fingerprint density at radius 2 is 2.03 bits per heavy atom. The van der Waals surface area contributed by atoms with Gasteiger partial charge in [0.1, 0.15) is 11.9 Å². The van der Waals surface area contributed by atoms with Gasteiger partial charge in [-0.3, -0.25) is 4.68 Å². The van der Waals surface area contributed by atoms with Gasteiger partial charge in [-0.15, -0.1) is 0 Å². The van der Waals surface area contributed by atoms with Crippen molar-refractivity contribution in [1.29, 1.82) is 0 Å². The molecule has 0 radical (unpaired) electrons. The van der Waals surface area contributed by atoms with Crippen LogP contribution in [0.4, 0.5) is 8.78 Å². The van der Waals surface area contributed by atoms with E-state index in [4.69, 9.17) is 11.6 Å². The SMILES string of the molecule is CS(=O)(=O)c1nn(C(c2nc3cc(Cl)ccc3[nH]2)C2CCC(F)(F)C2)c2ccccc12. The molecule has 162 valence electrons. The Morgan fingerprint density at radius 3 is 2.74 bits per heavy atom. The number of hydrogen-bond donors (Lipinski definition) is 1. The number of aromatic nitrogens is 4. The highest BCUT2D eigenvalue weighted by molar-refractivity contribution is 7.90. The van der Waals surface area contributed by atoms with Crippen LogP contribution in [-0.4, -0.2) is 40.3 Å². The number of alkyl halides is 2. The molecule has 1 fully saturated rings. The van der Waals surface area contributed by atoms with Crippen molar-refractivity contribution in [2.45, 2.75) is 36.3 Å². The van der Waals surface area contributed by atoms with E-state index in [0.29, 0.717) is 32.8 Å². The molecule has 2 aromatic carbocycles. The summed E-state index contributed by atoms with van der Waals surface area (Å²) in [5.74, 6) is -2.80. The van der Waals surface area contributed by atoms with Crippen molar-refractivity contribution < 1.29 is 17.2 Å². The molecule has 0 saturated heterocycles. The first kappa shape index (κ1) is 20.4. The van der Waals surface area contributed by atoms with E-state index < -0.39 is 27.7 Å². The van der Waals surface area contributed by atoms with Crippen LogP contribution in [0.1, 0.15) is 31.1 Å². The highest BCUT2D eigenvalue weighted by Gasteiger charge is 2.45. The maximum absolute atomic E-state index is 14.2. The fraction of sp³-hybridized carbons (Fsp3) is 0.333. The molecule has 5 rings (SSSR count). The van der Waals surface area contributed by atoms with Crippen LogP contribution in [0.15, 0.2) is 47.5 Å². The topological polar surface area (TPSA) is 80.6 Å². The van der Waals surface area contributed by atoms with Crippen LogP contribution in [-0.2, 0) is 9.84 Å². The first-order valence-electron chi connectivity index (χ1n) is 9.83. The van der Waals surface area contributed by atoms with Crippen LogP contribution in [0.5, 0.6) is 0 Å². The lowest BCUT2D eigenvalue weighted by molar-refractivity contribution is 0.00307. The van der Waals surface area contributed by atoms with E-state index in [-0.39, 0.29) is 24.3 Å². The molecule has 1 aliphatic rings. The van der Waals surface area contributed by atoms with Crippen molar-refractivity contribution in [2.75, 3.05) is 6.26 Å². The quantitative estimate of drug-likeness (QED) is 0.461. The van der Waals surface area contributed by atoms with Crippen LogP contribution in [0.2, 0.25) is 5.02 Å². The Morgan fingerprint density at radius 1 is 1.26 bits per heavy atom.